The Hall–Kier alpha value is -0.610. The summed E-state index contributed by atoms with van der Waals surface area (Å²) in [5, 5.41) is 0. The normalized spacial score (nSPS) is 25.5. The van der Waals surface area contributed by atoms with Crippen LogP contribution in [0.25, 0.3) is 0 Å². The lowest BCUT2D eigenvalue weighted by Gasteiger charge is -2.16. The van der Waals surface area contributed by atoms with E-state index in [-0.39, 0.29) is 5.60 Å². The molecule has 78 valence electrons. The third kappa shape index (κ3) is 1.64. The molecule has 0 saturated carbocycles. The molecular weight excluding hydrogens is 196 g/mol. The van der Waals surface area contributed by atoms with Gasteiger partial charge in [-0.3, -0.25) is 0 Å². The van der Waals surface area contributed by atoms with Gasteiger partial charge >= 0.3 is 0 Å². The van der Waals surface area contributed by atoms with E-state index >= 15 is 0 Å². The van der Waals surface area contributed by atoms with Crippen LogP contribution in [0.3, 0.4) is 0 Å². The lowest BCUT2D eigenvalue weighted by Crippen LogP contribution is -2.17. The average molecular weight is 212 g/mol. The highest BCUT2D eigenvalue weighted by atomic mass is 32.1. The van der Waals surface area contributed by atoms with Crippen molar-refractivity contribution < 1.29 is 4.74 Å². The van der Waals surface area contributed by atoms with E-state index in [0.717, 1.165) is 17.8 Å². The number of hydrogen-bond acceptors (Lipinski definition) is 2. The first-order chi connectivity index (χ1) is 6.49. The molecule has 0 aromatic carbocycles. The van der Waals surface area contributed by atoms with Gasteiger partial charge in [-0.1, -0.05) is 0 Å². The first-order valence-corrected chi connectivity index (χ1v) is 5.31. The molecule has 1 aromatic rings. The van der Waals surface area contributed by atoms with Gasteiger partial charge in [0.1, 0.15) is 0 Å². The maximum absolute atomic E-state index is 5.71. The number of nitrogens with one attached hydrogen (secondary N) is 1. The van der Waals surface area contributed by atoms with Crippen LogP contribution in [-0.2, 0) is 4.74 Å². The number of H-pyrrole nitrogens is 1. The van der Waals surface area contributed by atoms with Gasteiger partial charge in [-0.05, 0) is 39.4 Å². The standard InChI is InChI=1S/C10H16N2OS/c1-7-5-11-9(14)12(7)8-4-10(2,3)13-6-8/h5,8H,4,6H2,1-3H3,(H,11,14). The van der Waals surface area contributed by atoms with Crippen LogP contribution in [0, 0.1) is 11.7 Å². The van der Waals surface area contributed by atoms with E-state index in [1.54, 1.807) is 0 Å². The molecule has 1 unspecified atom stereocenters. The molecule has 0 radical (unpaired) electrons. The van der Waals surface area contributed by atoms with Crippen LogP contribution >= 0.6 is 12.2 Å². The van der Waals surface area contributed by atoms with Crippen molar-refractivity contribution >= 4 is 12.2 Å². The minimum Gasteiger partial charge on any atom is -0.373 e. The fraction of sp³-hybridized carbons (Fsp3) is 0.700. The Labute approximate surface area is 89.1 Å². The van der Waals surface area contributed by atoms with Gasteiger partial charge in [-0.25, -0.2) is 0 Å². The van der Waals surface area contributed by atoms with Crippen LogP contribution in [0.1, 0.15) is 32.0 Å². The van der Waals surface area contributed by atoms with Crippen LogP contribution in [0.4, 0.5) is 0 Å². The van der Waals surface area contributed by atoms with E-state index < -0.39 is 0 Å². The highest BCUT2D eigenvalue weighted by Gasteiger charge is 2.33. The topological polar surface area (TPSA) is 29.9 Å². The molecule has 0 spiro atoms. The number of aryl methyl sites for hydroxylation is 1. The summed E-state index contributed by atoms with van der Waals surface area (Å²) >= 11 is 5.24. The molecule has 2 heterocycles. The van der Waals surface area contributed by atoms with Crippen molar-refractivity contribution in [2.75, 3.05) is 6.61 Å². The summed E-state index contributed by atoms with van der Waals surface area (Å²) in [4.78, 5) is 3.06. The van der Waals surface area contributed by atoms with E-state index in [4.69, 9.17) is 17.0 Å². The van der Waals surface area contributed by atoms with Crippen molar-refractivity contribution in [3.63, 3.8) is 0 Å². The Morgan fingerprint density at radius 2 is 2.36 bits per heavy atom. The Morgan fingerprint density at radius 3 is 2.79 bits per heavy atom. The molecule has 0 aliphatic carbocycles. The summed E-state index contributed by atoms with van der Waals surface area (Å²) in [5.74, 6) is 0. The van der Waals surface area contributed by atoms with Crippen LogP contribution in [0.15, 0.2) is 6.20 Å². The number of aromatic amines is 1. The largest absolute Gasteiger partial charge is 0.373 e. The Balaban J connectivity index is 2.30. The zero-order valence-corrected chi connectivity index (χ0v) is 9.65. The van der Waals surface area contributed by atoms with Crippen LogP contribution < -0.4 is 0 Å². The van der Waals surface area contributed by atoms with Gasteiger partial charge in [-0.2, -0.15) is 0 Å². The van der Waals surface area contributed by atoms with Gasteiger partial charge in [0.2, 0.25) is 0 Å². The molecule has 1 saturated heterocycles. The SMILES string of the molecule is Cc1c[nH]c(=S)n1C1COC(C)(C)C1. The van der Waals surface area contributed by atoms with Crippen molar-refractivity contribution in [3.05, 3.63) is 16.7 Å². The Bertz CT molecular complexity index is 391. The summed E-state index contributed by atoms with van der Waals surface area (Å²) < 4.78 is 8.66. The number of aromatic nitrogens is 2. The summed E-state index contributed by atoms with van der Waals surface area (Å²) in [7, 11) is 0. The van der Waals surface area contributed by atoms with Gasteiger partial charge < -0.3 is 14.3 Å². The molecule has 3 nitrogen and oxygen atoms in total. The van der Waals surface area contributed by atoms with E-state index in [1.807, 2.05) is 6.20 Å². The molecule has 1 N–H and O–H groups in total. The van der Waals surface area contributed by atoms with Crippen molar-refractivity contribution in [2.45, 2.75) is 38.8 Å². The molecule has 1 aliphatic heterocycles. The van der Waals surface area contributed by atoms with Gasteiger partial charge in [-0.15, -0.1) is 0 Å². The second kappa shape index (κ2) is 3.21. The monoisotopic (exact) mass is 212 g/mol. The van der Waals surface area contributed by atoms with Gasteiger partial charge in [0.15, 0.2) is 4.77 Å². The predicted molar refractivity (Wildman–Crippen MR) is 58.0 cm³/mol. The Morgan fingerprint density at radius 1 is 1.64 bits per heavy atom. The van der Waals surface area contributed by atoms with E-state index in [1.165, 1.54) is 5.69 Å². The minimum atomic E-state index is -0.0108. The maximum atomic E-state index is 5.71. The van der Waals surface area contributed by atoms with Crippen molar-refractivity contribution in [1.29, 1.82) is 0 Å². The number of imidazole rings is 1. The number of rotatable bonds is 1. The molecule has 1 aromatic heterocycles. The van der Waals surface area contributed by atoms with Gasteiger partial charge in [0, 0.05) is 11.9 Å². The van der Waals surface area contributed by atoms with Crippen LogP contribution in [0.5, 0.6) is 0 Å². The second-order valence-electron chi connectivity index (χ2n) is 4.53. The first kappa shape index (κ1) is 9.93. The third-order valence-corrected chi connectivity index (χ3v) is 3.08. The van der Waals surface area contributed by atoms with Crippen LogP contribution in [0.2, 0.25) is 0 Å². The highest BCUT2D eigenvalue weighted by Crippen LogP contribution is 2.33. The molecular formula is C10H16N2OS. The molecule has 0 amide bonds. The molecule has 2 rings (SSSR count). The second-order valence-corrected chi connectivity index (χ2v) is 4.92. The molecule has 0 bridgehead atoms. The van der Waals surface area contributed by atoms with Gasteiger partial charge in [0.25, 0.3) is 0 Å². The maximum Gasteiger partial charge on any atom is 0.177 e. The fourth-order valence-electron chi connectivity index (χ4n) is 2.09. The quantitative estimate of drug-likeness (QED) is 0.725. The van der Waals surface area contributed by atoms with E-state index in [9.17, 15) is 0 Å². The first-order valence-electron chi connectivity index (χ1n) is 4.90. The smallest absolute Gasteiger partial charge is 0.177 e. The van der Waals surface area contributed by atoms with Crippen LogP contribution in [-0.4, -0.2) is 21.8 Å². The van der Waals surface area contributed by atoms with Crippen molar-refractivity contribution in [3.8, 4) is 0 Å². The summed E-state index contributed by atoms with van der Waals surface area (Å²) in [5.41, 5.74) is 1.17. The summed E-state index contributed by atoms with van der Waals surface area (Å²) in [6.45, 7) is 7.08. The Kier molecular flexibility index (Phi) is 2.27. The lowest BCUT2D eigenvalue weighted by molar-refractivity contribution is 0.0352. The average Bonchev–Trinajstić information content (AvgIpc) is 2.56. The predicted octanol–water partition coefficient (Wildman–Crippen LogP) is 2.59. The zero-order chi connectivity index (χ0) is 10.3. The number of nitrogens with zero attached hydrogens (tertiary/aromatic N) is 1. The summed E-state index contributed by atoms with van der Waals surface area (Å²) in [6, 6.07) is 0.392. The molecule has 1 aliphatic rings. The molecule has 1 atom stereocenters. The third-order valence-electron chi connectivity index (χ3n) is 2.76. The molecule has 1 fully saturated rings. The highest BCUT2D eigenvalue weighted by molar-refractivity contribution is 7.71. The van der Waals surface area contributed by atoms with E-state index in [0.29, 0.717) is 6.04 Å². The number of ether oxygens (including phenoxy) is 1. The van der Waals surface area contributed by atoms with E-state index in [2.05, 4.69) is 30.3 Å². The van der Waals surface area contributed by atoms with Gasteiger partial charge in [0.05, 0.1) is 18.2 Å². The molecule has 4 heteroatoms. The van der Waals surface area contributed by atoms with Crippen molar-refractivity contribution in [2.24, 2.45) is 0 Å². The van der Waals surface area contributed by atoms with Crippen molar-refractivity contribution in [1.82, 2.24) is 9.55 Å². The summed E-state index contributed by atoms with van der Waals surface area (Å²) in [6.07, 6.45) is 2.98. The fourth-order valence-corrected chi connectivity index (χ4v) is 2.44. The lowest BCUT2D eigenvalue weighted by atomic mass is 10.0. The zero-order valence-electron chi connectivity index (χ0n) is 8.83. The number of hydrogen-bond donors (Lipinski definition) is 1. The molecule has 14 heavy (non-hydrogen) atoms. The minimum absolute atomic E-state index is 0.0108.